The molecule has 0 spiro atoms. The molecule has 1 fully saturated rings. The molecule has 1 aliphatic rings. The lowest BCUT2D eigenvalue weighted by molar-refractivity contribution is -0.0155. The molecule has 1 rings (SSSR count). The maximum atomic E-state index is 3.52. The van der Waals surface area contributed by atoms with Crippen LogP contribution in [0.4, 0.5) is 0 Å². The maximum absolute atomic E-state index is 3.52. The van der Waals surface area contributed by atoms with Crippen LogP contribution in [-0.4, -0.2) is 13.6 Å². The third-order valence-electron chi connectivity index (χ3n) is 6.92. The Bertz CT molecular complexity index is 300. The highest BCUT2D eigenvalue weighted by Crippen LogP contribution is 2.50. The predicted octanol–water partition coefficient (Wildman–Crippen LogP) is 6.38. The standard InChI is InChI=1S/C22H45N/c1-8-11-16(4)21-14-19(15-23-7)20(13-10-3)22(18(21)6)17(5)12-9-2/h16-23H,8-15H2,1-7H3/t16?,17?,18?,19?,20?,21-,22?/m0/s1. The Balaban J connectivity index is 3.03. The Hall–Kier alpha value is -0.0400. The van der Waals surface area contributed by atoms with Gasteiger partial charge in [0.25, 0.3) is 0 Å². The van der Waals surface area contributed by atoms with E-state index in [1.165, 1.54) is 51.5 Å². The summed E-state index contributed by atoms with van der Waals surface area (Å²) in [6.45, 7) is 16.0. The summed E-state index contributed by atoms with van der Waals surface area (Å²) < 4.78 is 0. The summed E-state index contributed by atoms with van der Waals surface area (Å²) in [5.74, 6) is 6.40. The van der Waals surface area contributed by atoms with Crippen LogP contribution in [0.5, 0.6) is 0 Å². The van der Waals surface area contributed by atoms with Crippen LogP contribution in [0.3, 0.4) is 0 Å². The zero-order valence-corrected chi connectivity index (χ0v) is 17.2. The van der Waals surface area contributed by atoms with Crippen molar-refractivity contribution in [2.24, 2.45) is 41.4 Å². The smallest absolute Gasteiger partial charge is 0.00207 e. The van der Waals surface area contributed by atoms with Crippen molar-refractivity contribution in [3.63, 3.8) is 0 Å². The molecule has 1 heteroatoms. The van der Waals surface area contributed by atoms with Gasteiger partial charge in [0.2, 0.25) is 0 Å². The van der Waals surface area contributed by atoms with E-state index < -0.39 is 0 Å². The molecule has 1 saturated carbocycles. The first kappa shape index (κ1) is 21.0. The van der Waals surface area contributed by atoms with Gasteiger partial charge < -0.3 is 5.32 Å². The first-order valence-corrected chi connectivity index (χ1v) is 10.7. The van der Waals surface area contributed by atoms with Crippen LogP contribution in [0.25, 0.3) is 0 Å². The summed E-state index contributed by atoms with van der Waals surface area (Å²) in [5, 5.41) is 3.52. The van der Waals surface area contributed by atoms with Crippen LogP contribution in [0.2, 0.25) is 0 Å². The van der Waals surface area contributed by atoms with Crippen molar-refractivity contribution in [3.05, 3.63) is 0 Å². The third kappa shape index (κ3) is 5.48. The average molecular weight is 324 g/mol. The second-order valence-electron chi connectivity index (χ2n) is 8.64. The van der Waals surface area contributed by atoms with Gasteiger partial charge in [0.15, 0.2) is 0 Å². The first-order chi connectivity index (χ1) is 11.0. The molecule has 1 N–H and O–H groups in total. The normalized spacial score (nSPS) is 34.3. The Morgan fingerprint density at radius 1 is 0.957 bits per heavy atom. The zero-order chi connectivity index (χ0) is 17.4. The monoisotopic (exact) mass is 323 g/mol. The quantitative estimate of drug-likeness (QED) is 0.491. The molecule has 0 aromatic heterocycles. The summed E-state index contributed by atoms with van der Waals surface area (Å²) in [5.41, 5.74) is 0. The van der Waals surface area contributed by atoms with E-state index in [2.05, 4.69) is 53.9 Å². The van der Waals surface area contributed by atoms with E-state index in [-0.39, 0.29) is 0 Å². The van der Waals surface area contributed by atoms with Gasteiger partial charge in [-0.15, -0.1) is 0 Å². The molecule has 23 heavy (non-hydrogen) atoms. The van der Waals surface area contributed by atoms with Crippen LogP contribution >= 0.6 is 0 Å². The van der Waals surface area contributed by atoms with Gasteiger partial charge in [0.1, 0.15) is 0 Å². The topological polar surface area (TPSA) is 12.0 Å². The second-order valence-corrected chi connectivity index (χ2v) is 8.64. The Labute approximate surface area is 147 Å². The SMILES string of the molecule is CCCC(C)C1C(CCC)C(CNC)C[C@@H](C(C)CCC)C1C. The van der Waals surface area contributed by atoms with Crippen molar-refractivity contribution in [1.82, 2.24) is 5.32 Å². The van der Waals surface area contributed by atoms with Crippen molar-refractivity contribution >= 4 is 0 Å². The van der Waals surface area contributed by atoms with Crippen molar-refractivity contribution in [3.8, 4) is 0 Å². The van der Waals surface area contributed by atoms with Crippen molar-refractivity contribution < 1.29 is 0 Å². The maximum Gasteiger partial charge on any atom is -0.00207 e. The van der Waals surface area contributed by atoms with Crippen LogP contribution in [0.15, 0.2) is 0 Å². The number of hydrogen-bond donors (Lipinski definition) is 1. The van der Waals surface area contributed by atoms with Crippen molar-refractivity contribution in [1.29, 1.82) is 0 Å². The Morgan fingerprint density at radius 3 is 2.09 bits per heavy atom. The molecule has 0 radical (unpaired) electrons. The van der Waals surface area contributed by atoms with Gasteiger partial charge in [-0.3, -0.25) is 0 Å². The van der Waals surface area contributed by atoms with E-state index in [9.17, 15) is 0 Å². The highest BCUT2D eigenvalue weighted by molar-refractivity contribution is 4.94. The van der Waals surface area contributed by atoms with Crippen LogP contribution in [-0.2, 0) is 0 Å². The van der Waals surface area contributed by atoms with Gasteiger partial charge in [-0.2, -0.15) is 0 Å². The summed E-state index contributed by atoms with van der Waals surface area (Å²) in [7, 11) is 2.15. The second kappa shape index (κ2) is 10.7. The molecule has 0 saturated heterocycles. The molecule has 138 valence electrons. The van der Waals surface area contributed by atoms with Crippen molar-refractivity contribution in [2.75, 3.05) is 13.6 Å². The summed E-state index contributed by atoms with van der Waals surface area (Å²) in [4.78, 5) is 0. The molecule has 6 unspecified atom stereocenters. The van der Waals surface area contributed by atoms with E-state index in [1.54, 1.807) is 0 Å². The molecule has 1 aliphatic carbocycles. The largest absolute Gasteiger partial charge is 0.319 e. The van der Waals surface area contributed by atoms with Crippen molar-refractivity contribution in [2.45, 2.75) is 86.5 Å². The minimum atomic E-state index is 0.891. The highest BCUT2D eigenvalue weighted by atomic mass is 14.8. The average Bonchev–Trinajstić information content (AvgIpc) is 2.50. The van der Waals surface area contributed by atoms with Gasteiger partial charge in [-0.05, 0) is 61.4 Å². The molecular formula is C22H45N. The van der Waals surface area contributed by atoms with Gasteiger partial charge in [-0.1, -0.05) is 80.1 Å². The Kier molecular flexibility index (Phi) is 9.82. The molecule has 1 nitrogen and oxygen atoms in total. The minimum absolute atomic E-state index is 0.891. The molecule has 0 aliphatic heterocycles. The van der Waals surface area contributed by atoms with Gasteiger partial charge in [-0.25, -0.2) is 0 Å². The fourth-order valence-electron chi connectivity index (χ4n) is 5.99. The molecule has 0 aromatic carbocycles. The fraction of sp³-hybridized carbons (Fsp3) is 1.00. The van der Waals surface area contributed by atoms with E-state index in [4.69, 9.17) is 0 Å². The number of nitrogens with one attached hydrogen (secondary N) is 1. The first-order valence-electron chi connectivity index (χ1n) is 10.7. The van der Waals surface area contributed by atoms with Gasteiger partial charge >= 0.3 is 0 Å². The van der Waals surface area contributed by atoms with Crippen LogP contribution in [0, 0.1) is 41.4 Å². The van der Waals surface area contributed by atoms with E-state index >= 15 is 0 Å². The van der Waals surface area contributed by atoms with Crippen LogP contribution in [0.1, 0.15) is 86.5 Å². The zero-order valence-electron chi connectivity index (χ0n) is 17.2. The predicted molar refractivity (Wildman–Crippen MR) is 105 cm³/mol. The van der Waals surface area contributed by atoms with E-state index in [1.807, 2.05) is 0 Å². The fourth-order valence-corrected chi connectivity index (χ4v) is 5.99. The van der Waals surface area contributed by atoms with E-state index in [0.717, 1.165) is 41.4 Å². The third-order valence-corrected chi connectivity index (χ3v) is 6.92. The Morgan fingerprint density at radius 2 is 1.57 bits per heavy atom. The summed E-state index contributed by atoms with van der Waals surface area (Å²) in [6.07, 6.45) is 9.75. The molecule has 0 aromatic rings. The van der Waals surface area contributed by atoms with Gasteiger partial charge in [0.05, 0.1) is 0 Å². The van der Waals surface area contributed by atoms with E-state index in [0.29, 0.717) is 0 Å². The summed E-state index contributed by atoms with van der Waals surface area (Å²) in [6, 6.07) is 0. The lowest BCUT2D eigenvalue weighted by atomic mass is 9.55. The number of hydrogen-bond acceptors (Lipinski definition) is 1. The molecule has 7 atom stereocenters. The molecular weight excluding hydrogens is 278 g/mol. The van der Waals surface area contributed by atoms with Crippen LogP contribution < -0.4 is 5.32 Å². The highest BCUT2D eigenvalue weighted by Gasteiger charge is 2.44. The van der Waals surface area contributed by atoms with Gasteiger partial charge in [0, 0.05) is 0 Å². The molecule has 0 heterocycles. The molecule has 0 bridgehead atoms. The molecule has 0 amide bonds. The number of rotatable bonds is 10. The summed E-state index contributed by atoms with van der Waals surface area (Å²) >= 11 is 0. The minimum Gasteiger partial charge on any atom is -0.319 e. The lowest BCUT2D eigenvalue weighted by Crippen LogP contribution is -2.46. The lowest BCUT2D eigenvalue weighted by Gasteiger charge is -2.51.